The van der Waals surface area contributed by atoms with Crippen molar-refractivity contribution in [1.82, 2.24) is 5.32 Å². The Morgan fingerprint density at radius 3 is 2.50 bits per heavy atom. The Morgan fingerprint density at radius 1 is 1.17 bits per heavy atom. The second-order valence-corrected chi connectivity index (χ2v) is 7.20. The van der Waals surface area contributed by atoms with Crippen LogP contribution in [-0.2, 0) is 10.8 Å². The van der Waals surface area contributed by atoms with Crippen LogP contribution in [0.4, 0.5) is 0 Å². The van der Waals surface area contributed by atoms with Gasteiger partial charge in [-0.2, -0.15) is 0 Å². The monoisotopic (exact) mass is 273 g/mol. The molecule has 0 saturated heterocycles. The van der Waals surface area contributed by atoms with E-state index in [0.29, 0.717) is 6.04 Å². The summed E-state index contributed by atoms with van der Waals surface area (Å²) in [5.41, 5.74) is 0. The van der Waals surface area contributed by atoms with Gasteiger partial charge in [0.05, 0.1) is 0 Å². The molecule has 1 aliphatic rings. The van der Waals surface area contributed by atoms with Gasteiger partial charge in [-0.25, -0.2) is 0 Å². The number of unbranched alkanes of at least 4 members (excludes halogenated alkanes) is 2. The summed E-state index contributed by atoms with van der Waals surface area (Å²) in [5.74, 6) is 2.55. The first-order chi connectivity index (χ1) is 8.77. The molecule has 1 N–H and O–H groups in total. The maximum absolute atomic E-state index is 12.1. The Morgan fingerprint density at radius 2 is 1.89 bits per heavy atom. The average Bonchev–Trinajstić information content (AvgIpc) is 2.39. The summed E-state index contributed by atoms with van der Waals surface area (Å²) in [6, 6.07) is 0.498. The Kier molecular flexibility index (Phi) is 8.95. The van der Waals surface area contributed by atoms with Gasteiger partial charge < -0.3 is 5.32 Å². The maximum Gasteiger partial charge on any atom is 0.0391 e. The molecule has 0 radical (unpaired) electrons. The zero-order valence-corrected chi connectivity index (χ0v) is 13.1. The van der Waals surface area contributed by atoms with Gasteiger partial charge in [0.2, 0.25) is 0 Å². The van der Waals surface area contributed by atoms with Crippen molar-refractivity contribution in [3.63, 3.8) is 0 Å². The van der Waals surface area contributed by atoms with Crippen LogP contribution in [0.15, 0.2) is 0 Å². The van der Waals surface area contributed by atoms with Crippen molar-refractivity contribution in [2.24, 2.45) is 5.92 Å². The van der Waals surface area contributed by atoms with Gasteiger partial charge in [0.25, 0.3) is 0 Å². The van der Waals surface area contributed by atoms with E-state index < -0.39 is 10.8 Å². The molecular weight excluding hydrogens is 242 g/mol. The lowest BCUT2D eigenvalue weighted by Gasteiger charge is -2.30. The molecule has 3 heteroatoms. The second-order valence-electron chi connectivity index (χ2n) is 5.58. The van der Waals surface area contributed by atoms with E-state index in [4.69, 9.17) is 0 Å². The number of hydrogen-bond acceptors (Lipinski definition) is 2. The Labute approximate surface area is 116 Å². The van der Waals surface area contributed by atoms with E-state index in [-0.39, 0.29) is 0 Å². The van der Waals surface area contributed by atoms with Gasteiger partial charge in [0.1, 0.15) is 0 Å². The highest BCUT2D eigenvalue weighted by Crippen LogP contribution is 2.27. The summed E-state index contributed by atoms with van der Waals surface area (Å²) in [6.07, 6.45) is 10.4. The molecule has 0 bridgehead atoms. The second kappa shape index (κ2) is 9.96. The minimum absolute atomic E-state index is 0.498. The van der Waals surface area contributed by atoms with Gasteiger partial charge in [-0.1, -0.05) is 46.0 Å². The highest BCUT2D eigenvalue weighted by Gasteiger charge is 2.24. The molecule has 0 aromatic rings. The molecule has 1 fully saturated rings. The molecule has 0 aromatic heterocycles. The zero-order valence-electron chi connectivity index (χ0n) is 12.2. The normalized spacial score (nSPS) is 20.8. The SMILES string of the molecule is CCCCCS(=O)CC(NCC)C1CCCCC1. The van der Waals surface area contributed by atoms with Crippen LogP contribution in [-0.4, -0.2) is 28.3 Å². The third-order valence-corrected chi connectivity index (χ3v) is 5.50. The van der Waals surface area contributed by atoms with Crippen molar-refractivity contribution in [2.45, 2.75) is 71.3 Å². The smallest absolute Gasteiger partial charge is 0.0391 e. The highest BCUT2D eigenvalue weighted by molar-refractivity contribution is 7.85. The van der Waals surface area contributed by atoms with Gasteiger partial charge >= 0.3 is 0 Å². The Balaban J connectivity index is 2.33. The first kappa shape index (κ1) is 16.2. The van der Waals surface area contributed by atoms with Crippen molar-refractivity contribution >= 4 is 10.8 Å². The maximum atomic E-state index is 12.1. The van der Waals surface area contributed by atoms with Crippen LogP contribution < -0.4 is 5.32 Å². The molecule has 18 heavy (non-hydrogen) atoms. The van der Waals surface area contributed by atoms with Gasteiger partial charge in [0, 0.05) is 28.3 Å². The minimum Gasteiger partial charge on any atom is -0.313 e. The lowest BCUT2D eigenvalue weighted by molar-refractivity contribution is 0.287. The third kappa shape index (κ3) is 6.33. The lowest BCUT2D eigenvalue weighted by atomic mass is 9.84. The van der Waals surface area contributed by atoms with E-state index >= 15 is 0 Å². The fourth-order valence-corrected chi connectivity index (χ4v) is 4.44. The van der Waals surface area contributed by atoms with E-state index in [1.807, 2.05) is 0 Å². The minimum atomic E-state index is -0.617. The topological polar surface area (TPSA) is 29.1 Å². The van der Waals surface area contributed by atoms with Crippen LogP contribution in [0.5, 0.6) is 0 Å². The van der Waals surface area contributed by atoms with Crippen LogP contribution in [0.25, 0.3) is 0 Å². The zero-order chi connectivity index (χ0) is 13.2. The molecule has 0 spiro atoms. The fraction of sp³-hybridized carbons (Fsp3) is 1.00. The summed E-state index contributed by atoms with van der Waals surface area (Å²) >= 11 is 0. The lowest BCUT2D eigenvalue weighted by Crippen LogP contribution is -2.41. The van der Waals surface area contributed by atoms with Crippen LogP contribution in [0.1, 0.15) is 65.2 Å². The molecule has 0 aromatic carbocycles. The quantitative estimate of drug-likeness (QED) is 0.652. The Hall–Kier alpha value is 0.110. The molecule has 2 nitrogen and oxygen atoms in total. The van der Waals surface area contributed by atoms with E-state index in [0.717, 1.165) is 30.4 Å². The van der Waals surface area contributed by atoms with Crippen LogP contribution in [0, 0.1) is 5.92 Å². The number of rotatable bonds is 9. The van der Waals surface area contributed by atoms with Gasteiger partial charge in [-0.05, 0) is 31.7 Å². The van der Waals surface area contributed by atoms with Crippen molar-refractivity contribution in [3.8, 4) is 0 Å². The molecule has 0 heterocycles. The highest BCUT2D eigenvalue weighted by atomic mass is 32.2. The standard InChI is InChI=1S/C15H31NOS/c1-3-5-9-12-18(17)13-15(16-4-2)14-10-7-6-8-11-14/h14-16H,3-13H2,1-2H3. The van der Waals surface area contributed by atoms with E-state index in [1.165, 1.54) is 44.9 Å². The molecule has 1 rings (SSSR count). The van der Waals surface area contributed by atoms with E-state index in [1.54, 1.807) is 0 Å². The average molecular weight is 273 g/mol. The van der Waals surface area contributed by atoms with Gasteiger partial charge in [0.15, 0.2) is 0 Å². The van der Waals surface area contributed by atoms with Crippen molar-refractivity contribution in [3.05, 3.63) is 0 Å². The Bertz CT molecular complexity index is 227. The van der Waals surface area contributed by atoms with Crippen molar-refractivity contribution in [1.29, 1.82) is 0 Å². The molecule has 1 saturated carbocycles. The predicted molar refractivity (Wildman–Crippen MR) is 81.4 cm³/mol. The van der Waals surface area contributed by atoms with Crippen LogP contribution in [0.2, 0.25) is 0 Å². The summed E-state index contributed by atoms with van der Waals surface area (Å²) < 4.78 is 12.1. The molecule has 0 amide bonds. The fourth-order valence-electron chi connectivity index (χ4n) is 2.96. The molecule has 1 aliphatic carbocycles. The van der Waals surface area contributed by atoms with Crippen LogP contribution in [0.3, 0.4) is 0 Å². The van der Waals surface area contributed by atoms with Crippen molar-refractivity contribution < 1.29 is 4.21 Å². The van der Waals surface area contributed by atoms with Crippen LogP contribution >= 0.6 is 0 Å². The molecular formula is C15H31NOS. The molecule has 2 atom stereocenters. The summed E-state index contributed by atoms with van der Waals surface area (Å²) in [5, 5.41) is 3.58. The summed E-state index contributed by atoms with van der Waals surface area (Å²) in [7, 11) is -0.617. The predicted octanol–water partition coefficient (Wildman–Crippen LogP) is 3.48. The van der Waals surface area contributed by atoms with Gasteiger partial charge in [-0.15, -0.1) is 0 Å². The number of hydrogen-bond donors (Lipinski definition) is 1. The molecule has 2 unspecified atom stereocenters. The van der Waals surface area contributed by atoms with E-state index in [2.05, 4.69) is 19.2 Å². The van der Waals surface area contributed by atoms with Gasteiger partial charge in [-0.3, -0.25) is 4.21 Å². The van der Waals surface area contributed by atoms with Crippen molar-refractivity contribution in [2.75, 3.05) is 18.1 Å². The first-order valence-corrected chi connectivity index (χ1v) is 9.35. The van der Waals surface area contributed by atoms with E-state index in [9.17, 15) is 4.21 Å². The first-order valence-electron chi connectivity index (χ1n) is 7.86. The third-order valence-electron chi connectivity index (χ3n) is 4.03. The molecule has 108 valence electrons. The summed E-state index contributed by atoms with van der Waals surface area (Å²) in [4.78, 5) is 0. The largest absolute Gasteiger partial charge is 0.313 e. The summed E-state index contributed by atoms with van der Waals surface area (Å²) in [6.45, 7) is 5.37. The molecule has 0 aliphatic heterocycles. The number of nitrogens with one attached hydrogen (secondary N) is 1.